The van der Waals surface area contributed by atoms with E-state index in [0.717, 1.165) is 36.5 Å². The second-order valence-corrected chi connectivity index (χ2v) is 5.52. The first-order valence-corrected chi connectivity index (χ1v) is 7.84. The number of hydrogen-bond donors (Lipinski definition) is 1. The van der Waals surface area contributed by atoms with Crippen molar-refractivity contribution in [2.24, 2.45) is 0 Å². The van der Waals surface area contributed by atoms with Crippen LogP contribution in [0, 0.1) is 0 Å². The highest BCUT2D eigenvalue weighted by molar-refractivity contribution is 5.63. The molecule has 4 nitrogen and oxygen atoms in total. The average Bonchev–Trinajstić information content (AvgIpc) is 2.79. The van der Waals surface area contributed by atoms with Crippen LogP contribution < -0.4 is 5.32 Å². The Morgan fingerprint density at radius 1 is 1.14 bits per heavy atom. The summed E-state index contributed by atoms with van der Waals surface area (Å²) in [5, 5.41) is 3.26. The van der Waals surface area contributed by atoms with Crippen LogP contribution in [0.5, 0.6) is 0 Å². The fourth-order valence-corrected chi connectivity index (χ4v) is 3.03. The lowest BCUT2D eigenvalue weighted by molar-refractivity contribution is 0.709. The van der Waals surface area contributed by atoms with E-state index in [0.29, 0.717) is 0 Å². The lowest BCUT2D eigenvalue weighted by atomic mass is 10.1. The minimum absolute atomic E-state index is 0.833. The van der Waals surface area contributed by atoms with E-state index in [1.54, 1.807) is 0 Å². The minimum atomic E-state index is 0.833. The molecule has 0 aliphatic heterocycles. The number of rotatable bonds is 3. The predicted octanol–water partition coefficient (Wildman–Crippen LogP) is 3.41. The monoisotopic (exact) mass is 282 g/mol. The first kappa shape index (κ1) is 14.0. The summed E-state index contributed by atoms with van der Waals surface area (Å²) >= 11 is 0. The van der Waals surface area contributed by atoms with Crippen molar-refractivity contribution in [1.29, 1.82) is 0 Å². The zero-order chi connectivity index (χ0) is 14.7. The zero-order valence-electron chi connectivity index (χ0n) is 12.8. The van der Waals surface area contributed by atoms with Gasteiger partial charge in [-0.05, 0) is 43.7 Å². The van der Waals surface area contributed by atoms with Crippen molar-refractivity contribution in [3.05, 3.63) is 35.3 Å². The number of nitrogens with one attached hydrogen (secondary N) is 1. The minimum Gasteiger partial charge on any atom is -0.373 e. The zero-order valence-corrected chi connectivity index (χ0v) is 12.8. The molecule has 0 atom stereocenters. The average molecular weight is 282 g/mol. The van der Waals surface area contributed by atoms with Gasteiger partial charge in [0.15, 0.2) is 5.82 Å². The van der Waals surface area contributed by atoms with Crippen LogP contribution >= 0.6 is 0 Å². The molecule has 0 fully saturated rings. The maximum atomic E-state index is 4.88. The number of aryl methyl sites for hydroxylation is 2. The number of fused-ring (bicyclic) bond motifs is 1. The van der Waals surface area contributed by atoms with Gasteiger partial charge in [0, 0.05) is 36.3 Å². The second kappa shape index (κ2) is 6.20. The van der Waals surface area contributed by atoms with Gasteiger partial charge in [-0.1, -0.05) is 13.3 Å². The summed E-state index contributed by atoms with van der Waals surface area (Å²) < 4.78 is 0. The van der Waals surface area contributed by atoms with E-state index >= 15 is 0 Å². The van der Waals surface area contributed by atoms with E-state index < -0.39 is 0 Å². The fraction of sp³-hybridized carbons (Fsp3) is 0.471. The van der Waals surface area contributed by atoms with Gasteiger partial charge in [-0.15, -0.1) is 0 Å². The molecule has 2 aromatic heterocycles. The van der Waals surface area contributed by atoms with E-state index in [-0.39, 0.29) is 0 Å². The summed E-state index contributed by atoms with van der Waals surface area (Å²) in [7, 11) is 1.95. The lowest BCUT2D eigenvalue weighted by Gasteiger charge is -2.14. The maximum absolute atomic E-state index is 4.88. The highest BCUT2D eigenvalue weighted by atomic mass is 15.0. The third-order valence-corrected chi connectivity index (χ3v) is 4.20. The highest BCUT2D eigenvalue weighted by Gasteiger charge is 2.17. The largest absolute Gasteiger partial charge is 0.373 e. The standard InChI is InChI=1S/C17H22N4/c1-3-12-11-19-10-9-13(12)17-20-15-8-6-4-5-7-14(15)16(18-2)21-17/h9-11H,3-8H2,1-2H3,(H,18,20,21). The molecule has 110 valence electrons. The fourth-order valence-electron chi connectivity index (χ4n) is 3.03. The van der Waals surface area contributed by atoms with Crippen LogP contribution in [0.15, 0.2) is 18.5 Å². The highest BCUT2D eigenvalue weighted by Crippen LogP contribution is 2.28. The number of aromatic nitrogens is 3. The van der Waals surface area contributed by atoms with Crippen LogP contribution in [0.1, 0.15) is 43.0 Å². The molecule has 1 aliphatic rings. The van der Waals surface area contributed by atoms with E-state index in [2.05, 4.69) is 17.2 Å². The molecule has 0 aromatic carbocycles. The molecular formula is C17H22N4. The molecular weight excluding hydrogens is 260 g/mol. The summed E-state index contributed by atoms with van der Waals surface area (Å²) in [6.07, 6.45) is 10.6. The van der Waals surface area contributed by atoms with Crippen LogP contribution in [-0.2, 0) is 19.3 Å². The van der Waals surface area contributed by atoms with Crippen LogP contribution in [0.4, 0.5) is 5.82 Å². The molecule has 2 aromatic rings. The molecule has 0 saturated carbocycles. The number of nitrogens with zero attached hydrogens (tertiary/aromatic N) is 3. The summed E-state index contributed by atoms with van der Waals surface area (Å²) in [5.74, 6) is 1.83. The van der Waals surface area contributed by atoms with Gasteiger partial charge in [0.25, 0.3) is 0 Å². The summed E-state index contributed by atoms with van der Waals surface area (Å²) in [6, 6.07) is 2.02. The first-order chi connectivity index (χ1) is 10.3. The van der Waals surface area contributed by atoms with Crippen LogP contribution in [0.25, 0.3) is 11.4 Å². The Bertz CT molecular complexity index is 637. The van der Waals surface area contributed by atoms with Crippen molar-refractivity contribution < 1.29 is 0 Å². The van der Waals surface area contributed by atoms with Gasteiger partial charge in [0.1, 0.15) is 5.82 Å². The van der Waals surface area contributed by atoms with E-state index in [9.17, 15) is 0 Å². The van der Waals surface area contributed by atoms with Crippen molar-refractivity contribution in [1.82, 2.24) is 15.0 Å². The maximum Gasteiger partial charge on any atom is 0.162 e. The molecule has 0 spiro atoms. The van der Waals surface area contributed by atoms with Crippen molar-refractivity contribution in [3.8, 4) is 11.4 Å². The van der Waals surface area contributed by atoms with Gasteiger partial charge >= 0.3 is 0 Å². The van der Waals surface area contributed by atoms with Crippen LogP contribution in [0.2, 0.25) is 0 Å². The SMILES string of the molecule is CCc1cnccc1-c1nc2c(c(NC)n1)CCCCC2. The van der Waals surface area contributed by atoms with Crippen molar-refractivity contribution in [3.63, 3.8) is 0 Å². The Kier molecular flexibility index (Phi) is 4.13. The number of anilines is 1. The third-order valence-electron chi connectivity index (χ3n) is 4.20. The van der Waals surface area contributed by atoms with Gasteiger partial charge in [-0.3, -0.25) is 4.98 Å². The summed E-state index contributed by atoms with van der Waals surface area (Å²) in [6.45, 7) is 2.14. The lowest BCUT2D eigenvalue weighted by Crippen LogP contribution is -2.07. The molecule has 0 radical (unpaired) electrons. The van der Waals surface area contributed by atoms with Crippen molar-refractivity contribution in [2.75, 3.05) is 12.4 Å². The van der Waals surface area contributed by atoms with E-state index in [1.165, 1.54) is 36.1 Å². The molecule has 2 heterocycles. The predicted molar refractivity (Wildman–Crippen MR) is 85.4 cm³/mol. The third kappa shape index (κ3) is 2.75. The Hall–Kier alpha value is -1.97. The summed E-state index contributed by atoms with van der Waals surface area (Å²) in [5.41, 5.74) is 4.84. The Morgan fingerprint density at radius 2 is 2.00 bits per heavy atom. The van der Waals surface area contributed by atoms with Crippen LogP contribution in [-0.4, -0.2) is 22.0 Å². The van der Waals surface area contributed by atoms with E-state index in [4.69, 9.17) is 9.97 Å². The van der Waals surface area contributed by atoms with Crippen molar-refractivity contribution >= 4 is 5.82 Å². The molecule has 1 N–H and O–H groups in total. The smallest absolute Gasteiger partial charge is 0.162 e. The second-order valence-electron chi connectivity index (χ2n) is 5.52. The van der Waals surface area contributed by atoms with Gasteiger partial charge in [0.05, 0.1) is 0 Å². The van der Waals surface area contributed by atoms with Crippen molar-refractivity contribution in [2.45, 2.75) is 45.4 Å². The number of pyridine rings is 1. The molecule has 0 bridgehead atoms. The van der Waals surface area contributed by atoms with Crippen LogP contribution in [0.3, 0.4) is 0 Å². The van der Waals surface area contributed by atoms with E-state index in [1.807, 2.05) is 25.5 Å². The Balaban J connectivity index is 2.13. The van der Waals surface area contributed by atoms with Gasteiger partial charge in [-0.2, -0.15) is 0 Å². The first-order valence-electron chi connectivity index (χ1n) is 7.84. The molecule has 0 unspecified atom stereocenters. The summed E-state index contributed by atoms with van der Waals surface area (Å²) in [4.78, 5) is 13.9. The normalized spacial score (nSPS) is 14.4. The molecule has 1 aliphatic carbocycles. The molecule has 0 saturated heterocycles. The molecule has 4 heteroatoms. The molecule has 3 rings (SSSR count). The molecule has 21 heavy (non-hydrogen) atoms. The molecule has 0 amide bonds. The van der Waals surface area contributed by atoms with Gasteiger partial charge in [0.2, 0.25) is 0 Å². The van der Waals surface area contributed by atoms with Gasteiger partial charge < -0.3 is 5.32 Å². The Morgan fingerprint density at radius 3 is 2.81 bits per heavy atom. The quantitative estimate of drug-likeness (QED) is 0.876. The van der Waals surface area contributed by atoms with Gasteiger partial charge in [-0.25, -0.2) is 9.97 Å². The Labute approximate surface area is 126 Å². The number of hydrogen-bond acceptors (Lipinski definition) is 4. The topological polar surface area (TPSA) is 50.7 Å².